The van der Waals surface area contributed by atoms with E-state index in [9.17, 15) is 4.79 Å². The number of carbonyl (C=O) groups excluding carboxylic acids is 1. The Labute approximate surface area is 166 Å². The van der Waals surface area contributed by atoms with Crippen LogP contribution < -0.4 is 5.32 Å². The summed E-state index contributed by atoms with van der Waals surface area (Å²) >= 11 is 1.52. The molecule has 0 spiro atoms. The minimum absolute atomic E-state index is 0.290. The van der Waals surface area contributed by atoms with Gasteiger partial charge < -0.3 is 4.74 Å². The van der Waals surface area contributed by atoms with E-state index in [1.54, 1.807) is 13.8 Å². The van der Waals surface area contributed by atoms with Crippen molar-refractivity contribution in [1.82, 2.24) is 15.0 Å². The van der Waals surface area contributed by atoms with Gasteiger partial charge in [-0.05, 0) is 26.0 Å². The fourth-order valence-electron chi connectivity index (χ4n) is 2.90. The summed E-state index contributed by atoms with van der Waals surface area (Å²) in [4.78, 5) is 26.2. The number of aryl methyl sites for hydroxylation is 1. The molecule has 2 heterocycles. The minimum Gasteiger partial charge on any atom is -0.462 e. The number of fused-ring (bicyclic) bond motifs is 1. The molecule has 0 amide bonds. The second kappa shape index (κ2) is 7.74. The zero-order valence-electron chi connectivity index (χ0n) is 15.5. The number of nitrogens with zero attached hydrogens (tertiary/aromatic N) is 3. The van der Waals surface area contributed by atoms with Gasteiger partial charge in [0, 0.05) is 5.56 Å². The van der Waals surface area contributed by atoms with Crippen LogP contribution >= 0.6 is 11.3 Å². The van der Waals surface area contributed by atoms with Gasteiger partial charge >= 0.3 is 5.97 Å². The zero-order valence-corrected chi connectivity index (χ0v) is 16.3. The lowest BCUT2D eigenvalue weighted by Crippen LogP contribution is -2.13. The lowest BCUT2D eigenvalue weighted by atomic mass is 10.0. The molecule has 0 unspecified atom stereocenters. The smallest absolute Gasteiger partial charge is 0.342 e. The Morgan fingerprint density at radius 3 is 2.54 bits per heavy atom. The summed E-state index contributed by atoms with van der Waals surface area (Å²) in [6, 6.07) is 17.5. The van der Waals surface area contributed by atoms with E-state index in [0.717, 1.165) is 15.8 Å². The highest BCUT2D eigenvalue weighted by Gasteiger charge is 2.21. The Bertz CT molecular complexity index is 1110. The largest absolute Gasteiger partial charge is 0.462 e. The predicted octanol–water partition coefficient (Wildman–Crippen LogP) is 4.98. The van der Waals surface area contributed by atoms with Gasteiger partial charge in [0.25, 0.3) is 0 Å². The van der Waals surface area contributed by atoms with Crippen LogP contribution in [0.15, 0.2) is 54.6 Å². The summed E-state index contributed by atoms with van der Waals surface area (Å²) in [5, 5.41) is 3.87. The summed E-state index contributed by atoms with van der Waals surface area (Å²) < 4.78 is 6.30. The van der Waals surface area contributed by atoms with E-state index in [1.807, 2.05) is 54.6 Å². The lowest BCUT2D eigenvalue weighted by molar-refractivity contribution is 0.0525. The zero-order chi connectivity index (χ0) is 19.5. The molecule has 2 aromatic heterocycles. The van der Waals surface area contributed by atoms with Crippen molar-refractivity contribution in [3.63, 3.8) is 0 Å². The van der Waals surface area contributed by atoms with Crippen LogP contribution in [0.25, 0.3) is 21.5 Å². The van der Waals surface area contributed by atoms with Crippen LogP contribution in [-0.2, 0) is 4.74 Å². The molecule has 2 aromatic carbocycles. The number of nitrogens with one attached hydrogen (secondary N) is 1. The molecule has 6 nitrogen and oxygen atoms in total. The van der Waals surface area contributed by atoms with Crippen molar-refractivity contribution in [2.24, 2.45) is 0 Å². The normalized spacial score (nSPS) is 10.8. The van der Waals surface area contributed by atoms with Gasteiger partial charge in [-0.2, -0.15) is 0 Å². The number of esters is 1. The first-order valence-corrected chi connectivity index (χ1v) is 9.71. The summed E-state index contributed by atoms with van der Waals surface area (Å²) in [6.45, 7) is 3.85. The Morgan fingerprint density at radius 1 is 1.04 bits per heavy atom. The Balaban J connectivity index is 1.78. The van der Waals surface area contributed by atoms with Crippen molar-refractivity contribution < 1.29 is 9.53 Å². The van der Waals surface area contributed by atoms with Crippen LogP contribution in [-0.4, -0.2) is 27.5 Å². The van der Waals surface area contributed by atoms with E-state index >= 15 is 0 Å². The quantitative estimate of drug-likeness (QED) is 0.484. The number of hydrogen-bond donors (Lipinski definition) is 1. The van der Waals surface area contributed by atoms with E-state index in [-0.39, 0.29) is 6.61 Å². The fraction of sp³-hybridized carbons (Fsp3) is 0.143. The molecule has 140 valence electrons. The van der Waals surface area contributed by atoms with E-state index in [2.05, 4.69) is 20.3 Å². The van der Waals surface area contributed by atoms with Gasteiger partial charge in [0.2, 0.25) is 5.95 Å². The van der Waals surface area contributed by atoms with Crippen LogP contribution in [0.3, 0.4) is 0 Å². The molecule has 0 fully saturated rings. The van der Waals surface area contributed by atoms with E-state index in [1.165, 1.54) is 11.3 Å². The molecule has 28 heavy (non-hydrogen) atoms. The maximum atomic E-state index is 12.5. The molecule has 0 saturated carbocycles. The molecule has 0 atom stereocenters. The van der Waals surface area contributed by atoms with E-state index < -0.39 is 5.97 Å². The molecule has 0 radical (unpaired) electrons. The van der Waals surface area contributed by atoms with Crippen molar-refractivity contribution in [3.8, 4) is 11.3 Å². The molecule has 1 N–H and O–H groups in total. The molecule has 0 bridgehead atoms. The highest BCUT2D eigenvalue weighted by Crippen LogP contribution is 2.30. The monoisotopic (exact) mass is 390 g/mol. The Kier molecular flexibility index (Phi) is 4.99. The van der Waals surface area contributed by atoms with Crippen LogP contribution in [0.5, 0.6) is 0 Å². The van der Waals surface area contributed by atoms with Gasteiger partial charge in [-0.1, -0.05) is 53.8 Å². The van der Waals surface area contributed by atoms with Crippen molar-refractivity contribution in [2.75, 3.05) is 11.9 Å². The number of carbonyl (C=O) groups is 1. The molecule has 0 aliphatic rings. The molecule has 4 rings (SSSR count). The molecule has 0 saturated heterocycles. The fourth-order valence-corrected chi connectivity index (χ4v) is 3.76. The summed E-state index contributed by atoms with van der Waals surface area (Å²) in [7, 11) is 0. The van der Waals surface area contributed by atoms with Crippen molar-refractivity contribution in [2.45, 2.75) is 13.8 Å². The highest BCUT2D eigenvalue weighted by molar-refractivity contribution is 7.22. The second-order valence-electron chi connectivity index (χ2n) is 6.05. The third-order valence-corrected chi connectivity index (χ3v) is 5.08. The maximum Gasteiger partial charge on any atom is 0.342 e. The number of aromatic nitrogens is 3. The van der Waals surface area contributed by atoms with Crippen molar-refractivity contribution in [1.29, 1.82) is 0 Å². The number of benzene rings is 2. The highest BCUT2D eigenvalue weighted by atomic mass is 32.1. The van der Waals surface area contributed by atoms with Crippen LogP contribution in [0.4, 0.5) is 11.1 Å². The average Bonchev–Trinajstić information content (AvgIpc) is 3.10. The van der Waals surface area contributed by atoms with Gasteiger partial charge in [0.1, 0.15) is 5.56 Å². The molecule has 7 heteroatoms. The number of ether oxygens (including phenoxy) is 1. The molecule has 0 aliphatic heterocycles. The topological polar surface area (TPSA) is 77.0 Å². The van der Waals surface area contributed by atoms with Crippen LogP contribution in [0.2, 0.25) is 0 Å². The number of hydrogen-bond acceptors (Lipinski definition) is 7. The van der Waals surface area contributed by atoms with Crippen molar-refractivity contribution >= 4 is 38.6 Å². The predicted molar refractivity (Wildman–Crippen MR) is 111 cm³/mol. The molecule has 4 aromatic rings. The van der Waals surface area contributed by atoms with E-state index in [0.29, 0.717) is 28.0 Å². The summed E-state index contributed by atoms with van der Waals surface area (Å²) in [5.74, 6) is -0.0335. The standard InChI is InChI=1S/C21H18N4O2S/c1-3-27-19(26)17-13(2)22-20(24-18(17)14-9-5-4-6-10-14)25-21-23-15-11-7-8-12-16(15)28-21/h4-12H,3H2,1-2H3,(H,22,23,24,25). The van der Waals surface area contributed by atoms with Gasteiger partial charge in [-0.15, -0.1) is 0 Å². The molecular formula is C21H18N4O2S. The number of rotatable bonds is 5. The second-order valence-corrected chi connectivity index (χ2v) is 7.09. The van der Waals surface area contributed by atoms with Gasteiger partial charge in [-0.25, -0.2) is 19.7 Å². The van der Waals surface area contributed by atoms with Crippen LogP contribution in [0.1, 0.15) is 23.0 Å². The van der Waals surface area contributed by atoms with Crippen molar-refractivity contribution in [3.05, 3.63) is 65.9 Å². The number of anilines is 2. The first-order chi connectivity index (χ1) is 13.7. The molecule has 0 aliphatic carbocycles. The Hall–Kier alpha value is -3.32. The van der Waals surface area contributed by atoms with Gasteiger partial charge in [0.05, 0.1) is 28.2 Å². The number of para-hydroxylation sites is 1. The Morgan fingerprint density at radius 2 is 1.79 bits per heavy atom. The van der Waals surface area contributed by atoms with Gasteiger partial charge in [0.15, 0.2) is 5.13 Å². The number of thiazole rings is 1. The first kappa shape index (κ1) is 18.1. The summed E-state index contributed by atoms with van der Waals surface area (Å²) in [6.07, 6.45) is 0. The maximum absolute atomic E-state index is 12.5. The SMILES string of the molecule is CCOC(=O)c1c(C)nc(Nc2nc3ccccc3s2)nc1-c1ccccc1. The summed E-state index contributed by atoms with van der Waals surface area (Å²) in [5.41, 5.74) is 3.20. The first-order valence-electron chi connectivity index (χ1n) is 8.89. The van der Waals surface area contributed by atoms with Gasteiger partial charge in [-0.3, -0.25) is 5.32 Å². The minimum atomic E-state index is -0.426. The molecular weight excluding hydrogens is 372 g/mol. The average molecular weight is 390 g/mol. The van der Waals surface area contributed by atoms with Crippen LogP contribution in [0, 0.1) is 6.92 Å². The van der Waals surface area contributed by atoms with E-state index in [4.69, 9.17) is 4.74 Å². The third kappa shape index (κ3) is 3.57. The third-order valence-electron chi connectivity index (χ3n) is 4.13. The lowest BCUT2D eigenvalue weighted by Gasteiger charge is -2.13.